The van der Waals surface area contributed by atoms with E-state index < -0.39 is 0 Å². The molecule has 0 heterocycles. The highest BCUT2D eigenvalue weighted by atomic mass is 16.3. The van der Waals surface area contributed by atoms with Crippen molar-refractivity contribution in [3.05, 3.63) is 23.8 Å². The van der Waals surface area contributed by atoms with Gasteiger partial charge in [-0.3, -0.25) is 4.79 Å². The molecule has 1 aromatic carbocycles. The van der Waals surface area contributed by atoms with Gasteiger partial charge in [-0.15, -0.1) is 12.3 Å². The summed E-state index contributed by atoms with van der Waals surface area (Å²) in [6.45, 7) is 1.92. The average Bonchev–Trinajstić information content (AvgIpc) is 2.27. The first-order chi connectivity index (χ1) is 8.06. The number of aromatic hydroxyl groups is 2. The Balaban J connectivity index is 2.79. The zero-order chi connectivity index (χ0) is 12.8. The molecule has 1 rings (SSSR count). The molecule has 0 radical (unpaired) electrons. The second-order valence-electron chi connectivity index (χ2n) is 3.72. The summed E-state index contributed by atoms with van der Waals surface area (Å²) >= 11 is 0. The van der Waals surface area contributed by atoms with E-state index in [1.807, 2.05) is 6.92 Å². The van der Waals surface area contributed by atoms with E-state index in [0.29, 0.717) is 6.42 Å². The highest BCUT2D eigenvalue weighted by Gasteiger charge is 2.12. The standard InChI is InChI=1S/C13H15NO3/c1-3-5-10(4-2)14-13(17)9-6-11(15)8-12(16)7-9/h1,6-8,10,15-16H,4-5H2,2H3,(H,14,17). The molecule has 1 atom stereocenters. The minimum absolute atomic E-state index is 0.100. The minimum Gasteiger partial charge on any atom is -0.508 e. The maximum Gasteiger partial charge on any atom is 0.251 e. The van der Waals surface area contributed by atoms with Crippen molar-refractivity contribution in [2.45, 2.75) is 25.8 Å². The molecule has 1 unspecified atom stereocenters. The van der Waals surface area contributed by atoms with Crippen molar-refractivity contribution in [3.63, 3.8) is 0 Å². The van der Waals surface area contributed by atoms with Gasteiger partial charge < -0.3 is 15.5 Å². The molecular formula is C13H15NO3. The molecule has 0 aliphatic rings. The summed E-state index contributed by atoms with van der Waals surface area (Å²) in [7, 11) is 0. The zero-order valence-electron chi connectivity index (χ0n) is 9.60. The predicted molar refractivity (Wildman–Crippen MR) is 64.8 cm³/mol. The van der Waals surface area contributed by atoms with Gasteiger partial charge in [-0.1, -0.05) is 6.92 Å². The van der Waals surface area contributed by atoms with Gasteiger partial charge >= 0.3 is 0 Å². The van der Waals surface area contributed by atoms with Crippen molar-refractivity contribution in [3.8, 4) is 23.8 Å². The molecule has 0 bridgehead atoms. The van der Waals surface area contributed by atoms with E-state index in [1.54, 1.807) is 0 Å². The molecule has 0 aliphatic heterocycles. The van der Waals surface area contributed by atoms with Gasteiger partial charge in [0.25, 0.3) is 5.91 Å². The highest BCUT2D eigenvalue weighted by Crippen LogP contribution is 2.20. The van der Waals surface area contributed by atoms with Crippen LogP contribution in [-0.4, -0.2) is 22.2 Å². The number of hydrogen-bond donors (Lipinski definition) is 3. The van der Waals surface area contributed by atoms with E-state index in [9.17, 15) is 15.0 Å². The Morgan fingerprint density at radius 1 is 1.41 bits per heavy atom. The number of nitrogens with one attached hydrogen (secondary N) is 1. The van der Waals surface area contributed by atoms with E-state index in [2.05, 4.69) is 11.2 Å². The van der Waals surface area contributed by atoms with Crippen molar-refractivity contribution in [2.24, 2.45) is 0 Å². The van der Waals surface area contributed by atoms with Gasteiger partial charge in [-0.25, -0.2) is 0 Å². The van der Waals surface area contributed by atoms with E-state index in [-0.39, 0.29) is 29.0 Å². The monoisotopic (exact) mass is 233 g/mol. The molecule has 90 valence electrons. The van der Waals surface area contributed by atoms with Crippen LogP contribution in [0.25, 0.3) is 0 Å². The molecule has 0 aliphatic carbocycles. The van der Waals surface area contributed by atoms with Gasteiger partial charge in [0.2, 0.25) is 0 Å². The smallest absolute Gasteiger partial charge is 0.251 e. The Morgan fingerprint density at radius 3 is 2.47 bits per heavy atom. The molecule has 0 aromatic heterocycles. The molecule has 1 amide bonds. The SMILES string of the molecule is C#CCC(CC)NC(=O)c1cc(O)cc(O)c1. The number of hydrogen-bond acceptors (Lipinski definition) is 3. The fraction of sp³-hybridized carbons (Fsp3) is 0.308. The highest BCUT2D eigenvalue weighted by molar-refractivity contribution is 5.95. The summed E-state index contributed by atoms with van der Waals surface area (Å²) in [5.41, 5.74) is 0.206. The number of carbonyl (C=O) groups is 1. The van der Waals surface area contributed by atoms with Crippen molar-refractivity contribution in [1.82, 2.24) is 5.32 Å². The van der Waals surface area contributed by atoms with Crippen LogP contribution in [0.15, 0.2) is 18.2 Å². The van der Waals surface area contributed by atoms with Crippen LogP contribution in [0.5, 0.6) is 11.5 Å². The quantitative estimate of drug-likeness (QED) is 0.692. The normalized spacial score (nSPS) is 11.5. The lowest BCUT2D eigenvalue weighted by Gasteiger charge is -2.14. The zero-order valence-corrected chi connectivity index (χ0v) is 9.60. The fourth-order valence-electron chi connectivity index (χ4n) is 1.43. The first kappa shape index (κ1) is 12.9. The van der Waals surface area contributed by atoms with Crippen LogP contribution in [0.4, 0.5) is 0 Å². The molecule has 4 nitrogen and oxygen atoms in total. The molecule has 0 saturated carbocycles. The van der Waals surface area contributed by atoms with Crippen LogP contribution >= 0.6 is 0 Å². The van der Waals surface area contributed by atoms with Crippen molar-refractivity contribution >= 4 is 5.91 Å². The van der Waals surface area contributed by atoms with Crippen LogP contribution in [-0.2, 0) is 0 Å². The number of rotatable bonds is 4. The Hall–Kier alpha value is -2.15. The van der Waals surface area contributed by atoms with E-state index in [0.717, 1.165) is 12.5 Å². The summed E-state index contributed by atoms with van der Waals surface area (Å²) < 4.78 is 0. The topological polar surface area (TPSA) is 69.6 Å². The lowest BCUT2D eigenvalue weighted by atomic mass is 10.1. The van der Waals surface area contributed by atoms with Crippen LogP contribution in [0.1, 0.15) is 30.1 Å². The van der Waals surface area contributed by atoms with Crippen LogP contribution in [0, 0.1) is 12.3 Å². The van der Waals surface area contributed by atoms with Gasteiger partial charge in [-0.2, -0.15) is 0 Å². The number of phenols is 2. The lowest BCUT2D eigenvalue weighted by molar-refractivity contribution is 0.0936. The van der Waals surface area contributed by atoms with Gasteiger partial charge in [-0.05, 0) is 18.6 Å². The fourth-order valence-corrected chi connectivity index (χ4v) is 1.43. The molecule has 1 aromatic rings. The number of phenolic OH excluding ortho intramolecular Hbond substituents is 2. The minimum atomic E-state index is -0.363. The number of benzene rings is 1. The lowest BCUT2D eigenvalue weighted by Crippen LogP contribution is -2.34. The van der Waals surface area contributed by atoms with E-state index in [1.165, 1.54) is 12.1 Å². The average molecular weight is 233 g/mol. The third-order valence-corrected chi connectivity index (χ3v) is 2.36. The molecule has 3 N–H and O–H groups in total. The number of amides is 1. The molecule has 0 fully saturated rings. The van der Waals surface area contributed by atoms with Crippen LogP contribution < -0.4 is 5.32 Å². The Morgan fingerprint density at radius 2 is 2.00 bits per heavy atom. The number of terminal acetylenes is 1. The van der Waals surface area contributed by atoms with Gasteiger partial charge in [0.1, 0.15) is 11.5 Å². The van der Waals surface area contributed by atoms with E-state index in [4.69, 9.17) is 6.42 Å². The van der Waals surface area contributed by atoms with Gasteiger partial charge in [0.05, 0.1) is 0 Å². The van der Waals surface area contributed by atoms with Crippen molar-refractivity contribution < 1.29 is 15.0 Å². The first-order valence-corrected chi connectivity index (χ1v) is 5.34. The van der Waals surface area contributed by atoms with Gasteiger partial charge in [0.15, 0.2) is 0 Å². The predicted octanol–water partition coefficient (Wildman–Crippen LogP) is 1.63. The van der Waals surface area contributed by atoms with Crippen molar-refractivity contribution in [2.75, 3.05) is 0 Å². The second kappa shape index (κ2) is 5.80. The summed E-state index contributed by atoms with van der Waals surface area (Å²) in [5, 5.41) is 21.3. The Bertz CT molecular complexity index is 428. The summed E-state index contributed by atoms with van der Waals surface area (Å²) in [5.74, 6) is 1.82. The maximum absolute atomic E-state index is 11.8. The molecule has 0 saturated heterocycles. The second-order valence-corrected chi connectivity index (χ2v) is 3.72. The third-order valence-electron chi connectivity index (χ3n) is 2.36. The number of carbonyl (C=O) groups excluding carboxylic acids is 1. The van der Waals surface area contributed by atoms with Gasteiger partial charge in [0, 0.05) is 24.1 Å². The molecule has 0 spiro atoms. The van der Waals surface area contributed by atoms with Crippen LogP contribution in [0.2, 0.25) is 0 Å². The Labute approximate surface area is 100 Å². The van der Waals surface area contributed by atoms with Crippen molar-refractivity contribution in [1.29, 1.82) is 0 Å². The van der Waals surface area contributed by atoms with Crippen LogP contribution in [0.3, 0.4) is 0 Å². The van der Waals surface area contributed by atoms with E-state index >= 15 is 0 Å². The summed E-state index contributed by atoms with van der Waals surface area (Å²) in [6, 6.07) is 3.64. The summed E-state index contributed by atoms with van der Waals surface area (Å²) in [4.78, 5) is 11.8. The molecule has 4 heteroatoms. The third kappa shape index (κ3) is 3.72. The Kier molecular flexibility index (Phi) is 4.41. The summed E-state index contributed by atoms with van der Waals surface area (Å²) in [6.07, 6.45) is 6.36. The first-order valence-electron chi connectivity index (χ1n) is 5.34. The molecule has 17 heavy (non-hydrogen) atoms. The molecular weight excluding hydrogens is 218 g/mol. The largest absolute Gasteiger partial charge is 0.508 e. The maximum atomic E-state index is 11.8.